The minimum atomic E-state index is -1.31. The number of aliphatic hydroxyl groups is 3. The SMILES string of the molecule is CC.CC1CC(CO)OC1n1ccc(=O)[nH]c1=O.OC1(O)CCCC1. The normalized spacial score (nSPS) is 27.0. The van der Waals surface area contributed by atoms with E-state index in [4.69, 9.17) is 20.1 Å². The Balaban J connectivity index is 0.000000290. The van der Waals surface area contributed by atoms with E-state index in [1.54, 1.807) is 0 Å². The third-order valence-electron chi connectivity index (χ3n) is 4.19. The molecular formula is C17H30N2O6. The van der Waals surface area contributed by atoms with Gasteiger partial charge in [0.05, 0.1) is 12.7 Å². The first-order chi connectivity index (χ1) is 11.8. The van der Waals surface area contributed by atoms with Crippen molar-refractivity contribution >= 4 is 0 Å². The number of ether oxygens (including phenoxy) is 1. The summed E-state index contributed by atoms with van der Waals surface area (Å²) in [4.78, 5) is 24.6. The van der Waals surface area contributed by atoms with Crippen LogP contribution < -0.4 is 11.2 Å². The zero-order valence-corrected chi connectivity index (χ0v) is 15.1. The predicted octanol–water partition coefficient (Wildman–Crippen LogP) is 0.720. The van der Waals surface area contributed by atoms with Gasteiger partial charge in [-0.05, 0) is 19.3 Å². The van der Waals surface area contributed by atoms with Crippen LogP contribution in [0.15, 0.2) is 21.9 Å². The third kappa shape index (κ3) is 6.39. The molecule has 2 heterocycles. The molecular weight excluding hydrogens is 328 g/mol. The highest BCUT2D eigenvalue weighted by Crippen LogP contribution is 2.32. The van der Waals surface area contributed by atoms with Crippen LogP contribution in [0.5, 0.6) is 0 Å². The van der Waals surface area contributed by atoms with Crippen molar-refractivity contribution in [3.63, 3.8) is 0 Å². The van der Waals surface area contributed by atoms with Crippen molar-refractivity contribution < 1.29 is 20.1 Å². The number of nitrogens with one attached hydrogen (secondary N) is 1. The molecule has 1 aromatic rings. The van der Waals surface area contributed by atoms with Crippen molar-refractivity contribution in [2.24, 2.45) is 5.92 Å². The molecule has 1 saturated carbocycles. The van der Waals surface area contributed by atoms with Crippen LogP contribution in [0.25, 0.3) is 0 Å². The fourth-order valence-corrected chi connectivity index (χ4v) is 2.94. The largest absolute Gasteiger partial charge is 0.394 e. The van der Waals surface area contributed by atoms with Gasteiger partial charge in [0.2, 0.25) is 0 Å². The summed E-state index contributed by atoms with van der Waals surface area (Å²) < 4.78 is 6.87. The van der Waals surface area contributed by atoms with Gasteiger partial charge < -0.3 is 20.1 Å². The molecule has 8 heteroatoms. The lowest BCUT2D eigenvalue weighted by atomic mass is 10.1. The third-order valence-corrected chi connectivity index (χ3v) is 4.19. The van der Waals surface area contributed by atoms with E-state index in [2.05, 4.69) is 4.98 Å². The average Bonchev–Trinajstić information content (AvgIpc) is 3.15. The van der Waals surface area contributed by atoms with E-state index < -0.39 is 23.3 Å². The Morgan fingerprint density at radius 1 is 1.28 bits per heavy atom. The molecule has 3 atom stereocenters. The number of hydrogen-bond acceptors (Lipinski definition) is 6. The Hall–Kier alpha value is -1.48. The smallest absolute Gasteiger partial charge is 0.330 e. The highest BCUT2D eigenvalue weighted by atomic mass is 16.5. The van der Waals surface area contributed by atoms with E-state index >= 15 is 0 Å². The lowest BCUT2D eigenvalue weighted by Crippen LogP contribution is -2.33. The first-order valence-electron chi connectivity index (χ1n) is 8.85. The number of aliphatic hydroxyl groups excluding tert-OH is 1. The maximum Gasteiger partial charge on any atom is 0.330 e. The van der Waals surface area contributed by atoms with E-state index in [0.29, 0.717) is 19.3 Å². The van der Waals surface area contributed by atoms with Crippen molar-refractivity contribution in [1.82, 2.24) is 9.55 Å². The maximum absolute atomic E-state index is 11.5. The monoisotopic (exact) mass is 358 g/mol. The fraction of sp³-hybridized carbons (Fsp3) is 0.765. The molecule has 1 aliphatic carbocycles. The molecule has 8 nitrogen and oxygen atoms in total. The van der Waals surface area contributed by atoms with Gasteiger partial charge in [-0.2, -0.15) is 0 Å². The standard InChI is InChI=1S/C10H14N2O4.C5H10O2.C2H6/c1-6-4-7(5-13)16-9(6)12-3-2-8(14)11-10(12)15;6-5(7)3-1-2-4-5;1-2/h2-3,6-7,9,13H,4-5H2,1H3,(H,11,14,15);6-7H,1-4H2;1-2H3. The van der Waals surface area contributed by atoms with Crippen LogP contribution in [0.3, 0.4) is 0 Å². The molecule has 0 spiro atoms. The van der Waals surface area contributed by atoms with E-state index in [1.807, 2.05) is 20.8 Å². The average molecular weight is 358 g/mol. The zero-order chi connectivity index (χ0) is 19.0. The Labute approximate surface area is 147 Å². The van der Waals surface area contributed by atoms with Crippen molar-refractivity contribution in [3.8, 4) is 0 Å². The minimum absolute atomic E-state index is 0.0566. The summed E-state index contributed by atoms with van der Waals surface area (Å²) in [6.45, 7) is 5.89. The van der Waals surface area contributed by atoms with Gasteiger partial charge >= 0.3 is 5.69 Å². The van der Waals surface area contributed by atoms with Crippen molar-refractivity contribution in [1.29, 1.82) is 0 Å². The van der Waals surface area contributed by atoms with Crippen LogP contribution in [0.2, 0.25) is 0 Å². The number of rotatable bonds is 2. The fourth-order valence-electron chi connectivity index (χ4n) is 2.94. The highest BCUT2D eigenvalue weighted by molar-refractivity contribution is 4.87. The Kier molecular flexibility index (Phi) is 8.51. The summed E-state index contributed by atoms with van der Waals surface area (Å²) in [6, 6.07) is 1.28. The van der Waals surface area contributed by atoms with E-state index in [1.165, 1.54) is 16.8 Å². The lowest BCUT2D eigenvalue weighted by molar-refractivity contribution is -0.152. The molecule has 2 fully saturated rings. The number of H-pyrrole nitrogens is 1. The van der Waals surface area contributed by atoms with Crippen LogP contribution in [0.4, 0.5) is 0 Å². The van der Waals surface area contributed by atoms with Crippen molar-refractivity contribution in [2.75, 3.05) is 6.61 Å². The van der Waals surface area contributed by atoms with Gasteiger partial charge in [-0.15, -0.1) is 0 Å². The van der Waals surface area contributed by atoms with Gasteiger partial charge in [-0.25, -0.2) is 4.79 Å². The summed E-state index contributed by atoms with van der Waals surface area (Å²) in [5, 5.41) is 26.5. The molecule has 0 bridgehead atoms. The van der Waals surface area contributed by atoms with Crippen molar-refractivity contribution in [3.05, 3.63) is 33.1 Å². The number of aromatic amines is 1. The second kappa shape index (κ2) is 9.86. The van der Waals surface area contributed by atoms with Gasteiger partial charge in [-0.3, -0.25) is 14.3 Å². The molecule has 144 valence electrons. The Morgan fingerprint density at radius 2 is 1.88 bits per heavy atom. The molecule has 1 aliphatic heterocycles. The van der Waals surface area contributed by atoms with Gasteiger partial charge in [0, 0.05) is 31.0 Å². The van der Waals surface area contributed by atoms with Gasteiger partial charge in [0.15, 0.2) is 5.79 Å². The van der Waals surface area contributed by atoms with Crippen LogP contribution in [0.1, 0.15) is 59.1 Å². The van der Waals surface area contributed by atoms with Crippen LogP contribution in [-0.2, 0) is 4.74 Å². The quantitative estimate of drug-likeness (QED) is 0.577. The van der Waals surface area contributed by atoms with Crippen LogP contribution >= 0.6 is 0 Å². The molecule has 0 aromatic carbocycles. The number of aromatic nitrogens is 2. The van der Waals surface area contributed by atoms with E-state index in [0.717, 1.165) is 12.8 Å². The summed E-state index contributed by atoms with van der Waals surface area (Å²) in [6.07, 6.45) is 4.52. The second-order valence-electron chi connectivity index (χ2n) is 6.25. The minimum Gasteiger partial charge on any atom is -0.394 e. The molecule has 25 heavy (non-hydrogen) atoms. The molecule has 0 radical (unpaired) electrons. The first kappa shape index (κ1) is 21.6. The first-order valence-corrected chi connectivity index (χ1v) is 8.85. The maximum atomic E-state index is 11.5. The molecule has 4 N–H and O–H groups in total. The Bertz CT molecular complexity index is 616. The predicted molar refractivity (Wildman–Crippen MR) is 93.1 cm³/mol. The van der Waals surface area contributed by atoms with Gasteiger partial charge in [0.1, 0.15) is 6.23 Å². The summed E-state index contributed by atoms with van der Waals surface area (Å²) in [5.74, 6) is -1.18. The van der Waals surface area contributed by atoms with Gasteiger partial charge in [0.25, 0.3) is 5.56 Å². The molecule has 0 amide bonds. The number of hydrogen-bond donors (Lipinski definition) is 4. The highest BCUT2D eigenvalue weighted by Gasteiger charge is 2.33. The number of nitrogens with zero attached hydrogens (tertiary/aromatic N) is 1. The van der Waals surface area contributed by atoms with Crippen LogP contribution in [0, 0.1) is 5.92 Å². The Morgan fingerprint density at radius 3 is 2.28 bits per heavy atom. The molecule has 3 rings (SSSR count). The van der Waals surface area contributed by atoms with Gasteiger partial charge in [-0.1, -0.05) is 20.8 Å². The van der Waals surface area contributed by atoms with E-state index in [-0.39, 0.29) is 18.6 Å². The summed E-state index contributed by atoms with van der Waals surface area (Å²) >= 11 is 0. The molecule has 2 aliphatic rings. The molecule has 1 saturated heterocycles. The zero-order valence-electron chi connectivity index (χ0n) is 15.1. The van der Waals surface area contributed by atoms with E-state index in [9.17, 15) is 9.59 Å². The molecule has 1 aromatic heterocycles. The van der Waals surface area contributed by atoms with Crippen LogP contribution in [-0.4, -0.2) is 43.4 Å². The van der Waals surface area contributed by atoms with Crippen molar-refractivity contribution in [2.45, 2.75) is 71.0 Å². The summed E-state index contributed by atoms with van der Waals surface area (Å²) in [5.41, 5.74) is -0.909. The summed E-state index contributed by atoms with van der Waals surface area (Å²) in [7, 11) is 0. The topological polar surface area (TPSA) is 125 Å². The molecule has 3 unspecified atom stereocenters. The lowest BCUT2D eigenvalue weighted by Gasteiger charge is -2.17. The second-order valence-corrected chi connectivity index (χ2v) is 6.25.